The molecule has 2 aromatic carbocycles. The average Bonchev–Trinajstić information content (AvgIpc) is 2.94. The summed E-state index contributed by atoms with van der Waals surface area (Å²) in [4.78, 5) is 12.2. The predicted octanol–water partition coefficient (Wildman–Crippen LogP) is 3.58. The van der Waals surface area contributed by atoms with Crippen LogP contribution in [0.4, 0.5) is 0 Å². The van der Waals surface area contributed by atoms with Gasteiger partial charge in [0.1, 0.15) is 17.6 Å². The van der Waals surface area contributed by atoms with Gasteiger partial charge < -0.3 is 14.8 Å². The maximum Gasteiger partial charge on any atom is 0.224 e. The van der Waals surface area contributed by atoms with Crippen molar-refractivity contribution in [2.24, 2.45) is 0 Å². The molecule has 0 fully saturated rings. The Morgan fingerprint density at radius 2 is 2.04 bits per heavy atom. The van der Waals surface area contributed by atoms with Crippen LogP contribution in [0.2, 0.25) is 0 Å². The summed E-state index contributed by atoms with van der Waals surface area (Å²) < 4.78 is 11.6. The SMILES string of the molecule is CCOc1cc2c(cc1CNC(=O)Cc1ccc(C)cc1)O[C@H](C)C2. The monoisotopic (exact) mass is 339 g/mol. The lowest BCUT2D eigenvalue weighted by Crippen LogP contribution is -2.24. The molecule has 3 rings (SSSR count). The Kier molecular flexibility index (Phi) is 5.27. The molecule has 0 radical (unpaired) electrons. The Hall–Kier alpha value is -2.49. The molecular formula is C21H25NO3. The van der Waals surface area contributed by atoms with E-state index in [4.69, 9.17) is 9.47 Å². The minimum absolute atomic E-state index is 0.00101. The van der Waals surface area contributed by atoms with E-state index in [2.05, 4.69) is 12.2 Å². The number of hydrogen-bond donors (Lipinski definition) is 1. The quantitative estimate of drug-likeness (QED) is 0.875. The first-order valence-corrected chi connectivity index (χ1v) is 8.82. The van der Waals surface area contributed by atoms with Gasteiger partial charge in [-0.15, -0.1) is 0 Å². The van der Waals surface area contributed by atoms with E-state index in [9.17, 15) is 4.79 Å². The zero-order valence-corrected chi connectivity index (χ0v) is 15.1. The molecule has 2 aromatic rings. The number of amides is 1. The summed E-state index contributed by atoms with van der Waals surface area (Å²) in [5.74, 6) is 1.73. The molecule has 0 saturated carbocycles. The molecule has 1 amide bonds. The van der Waals surface area contributed by atoms with E-state index in [-0.39, 0.29) is 12.0 Å². The average molecular weight is 339 g/mol. The summed E-state index contributed by atoms with van der Waals surface area (Å²) in [7, 11) is 0. The van der Waals surface area contributed by atoms with Gasteiger partial charge in [-0.2, -0.15) is 0 Å². The molecule has 1 atom stereocenters. The van der Waals surface area contributed by atoms with Gasteiger partial charge in [0.25, 0.3) is 0 Å². The summed E-state index contributed by atoms with van der Waals surface area (Å²) in [5.41, 5.74) is 4.33. The van der Waals surface area contributed by atoms with Gasteiger partial charge in [-0.1, -0.05) is 29.8 Å². The van der Waals surface area contributed by atoms with Crippen LogP contribution in [0.25, 0.3) is 0 Å². The summed E-state index contributed by atoms with van der Waals surface area (Å²) in [6.07, 6.45) is 1.47. The van der Waals surface area contributed by atoms with Crippen LogP contribution in [-0.4, -0.2) is 18.6 Å². The Morgan fingerprint density at radius 3 is 2.76 bits per heavy atom. The fraction of sp³-hybridized carbons (Fsp3) is 0.381. The van der Waals surface area contributed by atoms with Crippen molar-refractivity contribution in [2.45, 2.75) is 46.3 Å². The van der Waals surface area contributed by atoms with Crippen molar-refractivity contribution in [1.29, 1.82) is 0 Å². The third-order valence-electron chi connectivity index (χ3n) is 4.34. The van der Waals surface area contributed by atoms with Gasteiger partial charge >= 0.3 is 0 Å². The van der Waals surface area contributed by atoms with E-state index in [1.807, 2.05) is 50.2 Å². The van der Waals surface area contributed by atoms with E-state index in [1.54, 1.807) is 0 Å². The fourth-order valence-electron chi connectivity index (χ4n) is 3.06. The normalized spacial score (nSPS) is 15.4. The van der Waals surface area contributed by atoms with Crippen molar-refractivity contribution in [2.75, 3.05) is 6.61 Å². The molecular weight excluding hydrogens is 314 g/mol. The molecule has 1 heterocycles. The molecule has 4 heteroatoms. The molecule has 1 aliphatic heterocycles. The van der Waals surface area contributed by atoms with Crippen molar-refractivity contribution in [3.63, 3.8) is 0 Å². The number of ether oxygens (including phenoxy) is 2. The third-order valence-corrected chi connectivity index (χ3v) is 4.34. The molecule has 0 spiro atoms. The van der Waals surface area contributed by atoms with Crippen molar-refractivity contribution >= 4 is 5.91 Å². The van der Waals surface area contributed by atoms with E-state index >= 15 is 0 Å². The Morgan fingerprint density at radius 1 is 1.28 bits per heavy atom. The Labute approximate surface area is 149 Å². The van der Waals surface area contributed by atoms with Crippen molar-refractivity contribution in [3.8, 4) is 11.5 Å². The fourth-order valence-corrected chi connectivity index (χ4v) is 3.06. The highest BCUT2D eigenvalue weighted by atomic mass is 16.5. The van der Waals surface area contributed by atoms with Crippen molar-refractivity contribution in [1.82, 2.24) is 5.32 Å². The number of fused-ring (bicyclic) bond motifs is 1. The minimum Gasteiger partial charge on any atom is -0.494 e. The summed E-state index contributed by atoms with van der Waals surface area (Å²) in [6, 6.07) is 12.1. The van der Waals surface area contributed by atoms with E-state index in [0.717, 1.165) is 29.0 Å². The van der Waals surface area contributed by atoms with Crippen LogP contribution in [-0.2, 0) is 24.2 Å². The smallest absolute Gasteiger partial charge is 0.224 e. The molecule has 0 aromatic heterocycles. The summed E-state index contributed by atoms with van der Waals surface area (Å²) in [6.45, 7) is 7.09. The van der Waals surface area contributed by atoms with E-state index in [1.165, 1.54) is 11.1 Å². The molecule has 0 bridgehead atoms. The maximum atomic E-state index is 12.2. The summed E-state index contributed by atoms with van der Waals surface area (Å²) in [5, 5.41) is 2.99. The van der Waals surface area contributed by atoms with Crippen LogP contribution >= 0.6 is 0 Å². The first-order valence-electron chi connectivity index (χ1n) is 8.82. The predicted molar refractivity (Wildman–Crippen MR) is 98.1 cm³/mol. The molecule has 132 valence electrons. The lowest BCUT2D eigenvalue weighted by molar-refractivity contribution is -0.120. The second-order valence-corrected chi connectivity index (χ2v) is 6.57. The second-order valence-electron chi connectivity index (χ2n) is 6.57. The van der Waals surface area contributed by atoms with Crippen molar-refractivity contribution < 1.29 is 14.3 Å². The lowest BCUT2D eigenvalue weighted by atomic mass is 10.1. The number of nitrogens with one attached hydrogen (secondary N) is 1. The third kappa shape index (κ3) is 4.32. The number of aryl methyl sites for hydroxylation is 1. The van der Waals surface area contributed by atoms with Crippen LogP contribution in [0.5, 0.6) is 11.5 Å². The van der Waals surface area contributed by atoms with Crippen LogP contribution in [0, 0.1) is 6.92 Å². The molecule has 4 nitrogen and oxygen atoms in total. The minimum atomic E-state index is 0.00101. The van der Waals surface area contributed by atoms with Gasteiger partial charge in [0.2, 0.25) is 5.91 Å². The molecule has 25 heavy (non-hydrogen) atoms. The first-order chi connectivity index (χ1) is 12.0. The first kappa shape index (κ1) is 17.3. The molecule has 1 aliphatic rings. The summed E-state index contributed by atoms with van der Waals surface area (Å²) >= 11 is 0. The van der Waals surface area contributed by atoms with Gasteiger partial charge in [0.15, 0.2) is 0 Å². The highest BCUT2D eigenvalue weighted by Gasteiger charge is 2.22. The Balaban J connectivity index is 1.66. The van der Waals surface area contributed by atoms with Gasteiger partial charge in [0.05, 0.1) is 13.0 Å². The van der Waals surface area contributed by atoms with Gasteiger partial charge in [-0.25, -0.2) is 0 Å². The number of hydrogen-bond acceptors (Lipinski definition) is 3. The number of rotatable bonds is 6. The molecule has 1 N–H and O–H groups in total. The number of carbonyl (C=O) groups is 1. The highest BCUT2D eigenvalue weighted by Crippen LogP contribution is 2.35. The second kappa shape index (κ2) is 7.60. The zero-order chi connectivity index (χ0) is 17.8. The molecule has 0 aliphatic carbocycles. The van der Waals surface area contributed by atoms with E-state index in [0.29, 0.717) is 19.6 Å². The van der Waals surface area contributed by atoms with Crippen LogP contribution in [0.15, 0.2) is 36.4 Å². The van der Waals surface area contributed by atoms with Gasteiger partial charge in [-0.05, 0) is 38.5 Å². The van der Waals surface area contributed by atoms with E-state index < -0.39 is 0 Å². The van der Waals surface area contributed by atoms with Gasteiger partial charge in [-0.3, -0.25) is 4.79 Å². The topological polar surface area (TPSA) is 47.6 Å². The Bertz CT molecular complexity index is 752. The lowest BCUT2D eigenvalue weighted by Gasteiger charge is -2.13. The maximum absolute atomic E-state index is 12.2. The number of benzene rings is 2. The standard InChI is InChI=1S/C21H25NO3/c1-4-24-19-11-17-9-15(3)25-20(17)12-18(19)13-22-21(23)10-16-7-5-14(2)6-8-16/h5-8,11-12,15H,4,9-10,13H2,1-3H3,(H,22,23)/t15-/m1/s1. The van der Waals surface area contributed by atoms with Gasteiger partial charge in [0, 0.05) is 24.1 Å². The molecule has 0 saturated heterocycles. The largest absolute Gasteiger partial charge is 0.494 e. The zero-order valence-electron chi connectivity index (χ0n) is 15.1. The van der Waals surface area contributed by atoms with Crippen LogP contribution < -0.4 is 14.8 Å². The molecule has 0 unspecified atom stereocenters. The van der Waals surface area contributed by atoms with Crippen molar-refractivity contribution in [3.05, 3.63) is 58.7 Å². The number of carbonyl (C=O) groups excluding carboxylic acids is 1. The van der Waals surface area contributed by atoms with Crippen LogP contribution in [0.1, 0.15) is 36.1 Å². The highest BCUT2D eigenvalue weighted by molar-refractivity contribution is 5.78. The van der Waals surface area contributed by atoms with Crippen LogP contribution in [0.3, 0.4) is 0 Å².